The average molecular weight is 248 g/mol. The summed E-state index contributed by atoms with van der Waals surface area (Å²) in [6.45, 7) is 1.75. The van der Waals surface area contributed by atoms with Crippen molar-refractivity contribution in [1.29, 1.82) is 0 Å². The van der Waals surface area contributed by atoms with Gasteiger partial charge >= 0.3 is 0 Å². The van der Waals surface area contributed by atoms with Gasteiger partial charge < -0.3 is 5.73 Å². The number of rotatable bonds is 2. The molecule has 0 spiro atoms. The summed E-state index contributed by atoms with van der Waals surface area (Å²) in [7, 11) is 0. The molecule has 2 amide bonds. The molecule has 1 aliphatic rings. The molecule has 1 aromatic rings. The molecule has 2 rings (SSSR count). The Bertz CT molecular complexity index is 513. The van der Waals surface area contributed by atoms with Crippen molar-refractivity contribution in [3.8, 4) is 0 Å². The number of nitrogens with two attached hydrogens (primary N) is 1. The number of carbonyl (C=O) groups excluding carboxylic acids is 2. The fraction of sp³-hybridized carbons (Fsp3) is 0.250. The first kappa shape index (κ1) is 11.7. The van der Waals surface area contributed by atoms with E-state index in [4.69, 9.17) is 18.0 Å². The third-order valence-corrected chi connectivity index (χ3v) is 3.00. The maximum Gasteiger partial charge on any atom is 0.237 e. The molecule has 0 radical (unpaired) electrons. The highest BCUT2D eigenvalue weighted by atomic mass is 32.1. The van der Waals surface area contributed by atoms with Crippen LogP contribution in [0.1, 0.15) is 18.9 Å². The van der Waals surface area contributed by atoms with Crippen molar-refractivity contribution in [2.75, 3.05) is 4.90 Å². The fourth-order valence-electron chi connectivity index (χ4n) is 1.85. The molecule has 1 heterocycles. The Labute approximate surface area is 104 Å². The number of hydrogen-bond acceptors (Lipinski definition) is 3. The van der Waals surface area contributed by atoms with Crippen LogP contribution in [0.5, 0.6) is 0 Å². The van der Waals surface area contributed by atoms with E-state index in [1.807, 2.05) is 0 Å². The molecule has 0 aromatic heterocycles. The lowest BCUT2D eigenvalue weighted by molar-refractivity contribution is -0.122. The van der Waals surface area contributed by atoms with Crippen LogP contribution in [0.2, 0.25) is 0 Å². The Balaban J connectivity index is 2.40. The third kappa shape index (κ3) is 2.06. The summed E-state index contributed by atoms with van der Waals surface area (Å²) in [5.74, 6) is -0.603. The van der Waals surface area contributed by atoms with E-state index in [9.17, 15) is 9.59 Å². The lowest BCUT2D eigenvalue weighted by Crippen LogP contribution is -2.30. The Hall–Kier alpha value is -1.75. The summed E-state index contributed by atoms with van der Waals surface area (Å²) in [4.78, 5) is 25.0. The molecule has 1 atom stereocenters. The normalized spacial score (nSPS) is 19.8. The van der Waals surface area contributed by atoms with E-state index in [0.717, 1.165) is 0 Å². The summed E-state index contributed by atoms with van der Waals surface area (Å²) >= 11 is 4.87. The van der Waals surface area contributed by atoms with Crippen LogP contribution in [0.25, 0.3) is 0 Å². The van der Waals surface area contributed by atoms with Gasteiger partial charge in [0.05, 0.1) is 5.69 Å². The number of nitrogens with zero attached hydrogens (tertiary/aromatic N) is 1. The Morgan fingerprint density at radius 3 is 2.71 bits per heavy atom. The van der Waals surface area contributed by atoms with Crippen molar-refractivity contribution in [3.63, 3.8) is 0 Å². The Morgan fingerprint density at radius 1 is 1.47 bits per heavy atom. The lowest BCUT2D eigenvalue weighted by atomic mass is 10.1. The summed E-state index contributed by atoms with van der Waals surface area (Å²) in [6.07, 6.45) is 0.260. The van der Waals surface area contributed by atoms with Crippen LogP contribution in [0, 0.1) is 5.92 Å². The van der Waals surface area contributed by atoms with Gasteiger partial charge in [0.25, 0.3) is 0 Å². The zero-order valence-corrected chi connectivity index (χ0v) is 10.2. The van der Waals surface area contributed by atoms with E-state index in [1.165, 1.54) is 4.90 Å². The van der Waals surface area contributed by atoms with Gasteiger partial charge in [0.15, 0.2) is 0 Å². The zero-order valence-electron chi connectivity index (χ0n) is 9.34. The monoisotopic (exact) mass is 248 g/mol. The molecule has 0 saturated carbocycles. The van der Waals surface area contributed by atoms with Gasteiger partial charge in [-0.15, -0.1) is 0 Å². The first-order valence-electron chi connectivity index (χ1n) is 5.27. The van der Waals surface area contributed by atoms with E-state index in [1.54, 1.807) is 31.2 Å². The molecule has 1 aliphatic heterocycles. The minimum atomic E-state index is -0.254. The molecule has 17 heavy (non-hydrogen) atoms. The van der Waals surface area contributed by atoms with Crippen LogP contribution in [-0.2, 0) is 9.59 Å². The predicted molar refractivity (Wildman–Crippen MR) is 68.6 cm³/mol. The van der Waals surface area contributed by atoms with E-state index < -0.39 is 0 Å². The summed E-state index contributed by atoms with van der Waals surface area (Å²) in [5.41, 5.74) is 6.71. The fourth-order valence-corrected chi connectivity index (χ4v) is 1.98. The molecule has 0 bridgehead atoms. The molecule has 88 valence electrons. The van der Waals surface area contributed by atoms with Gasteiger partial charge in [-0.1, -0.05) is 31.3 Å². The van der Waals surface area contributed by atoms with E-state index >= 15 is 0 Å². The summed E-state index contributed by atoms with van der Waals surface area (Å²) < 4.78 is 0. The minimum Gasteiger partial charge on any atom is -0.389 e. The van der Waals surface area contributed by atoms with Crippen molar-refractivity contribution in [3.05, 3.63) is 29.8 Å². The van der Waals surface area contributed by atoms with E-state index in [2.05, 4.69) is 0 Å². The van der Waals surface area contributed by atoms with Crippen molar-refractivity contribution in [2.24, 2.45) is 11.7 Å². The number of thiocarbonyl (C=S) groups is 1. The molecule has 1 aromatic carbocycles. The predicted octanol–water partition coefficient (Wildman–Crippen LogP) is 1.22. The topological polar surface area (TPSA) is 63.4 Å². The number of hydrogen-bond donors (Lipinski definition) is 1. The Kier molecular flexibility index (Phi) is 2.93. The van der Waals surface area contributed by atoms with Crippen LogP contribution in [0.4, 0.5) is 5.69 Å². The molecule has 1 fully saturated rings. The standard InChI is InChI=1S/C12H12N2O2S/c1-7-5-10(15)14(12(7)16)9-4-2-3-8(6-9)11(13)17/h2-4,6-7H,5H2,1H3,(H2,13,17). The van der Waals surface area contributed by atoms with E-state index in [0.29, 0.717) is 11.3 Å². The van der Waals surface area contributed by atoms with Gasteiger partial charge in [0.2, 0.25) is 11.8 Å². The van der Waals surface area contributed by atoms with Crippen LogP contribution >= 0.6 is 12.2 Å². The third-order valence-electron chi connectivity index (χ3n) is 2.76. The van der Waals surface area contributed by atoms with Crippen LogP contribution < -0.4 is 10.6 Å². The largest absolute Gasteiger partial charge is 0.389 e. The van der Waals surface area contributed by atoms with Gasteiger partial charge in [-0.2, -0.15) is 0 Å². The molecule has 4 nitrogen and oxygen atoms in total. The quantitative estimate of drug-likeness (QED) is 0.631. The van der Waals surface area contributed by atoms with Gasteiger partial charge in [0, 0.05) is 17.9 Å². The van der Waals surface area contributed by atoms with Gasteiger partial charge in [-0.25, -0.2) is 0 Å². The second-order valence-electron chi connectivity index (χ2n) is 4.09. The number of benzene rings is 1. The SMILES string of the molecule is CC1CC(=O)N(c2cccc(C(N)=S)c2)C1=O. The number of amides is 2. The maximum absolute atomic E-state index is 11.8. The summed E-state index contributed by atoms with van der Waals surface area (Å²) in [5, 5.41) is 0. The molecule has 2 N–H and O–H groups in total. The molecule has 0 aliphatic carbocycles. The van der Waals surface area contributed by atoms with Crippen LogP contribution in [0.3, 0.4) is 0 Å². The first-order chi connectivity index (χ1) is 8.00. The molecule has 1 unspecified atom stereocenters. The maximum atomic E-state index is 11.8. The molecule has 5 heteroatoms. The number of imide groups is 1. The van der Waals surface area contributed by atoms with Crippen molar-refractivity contribution >= 4 is 34.7 Å². The second kappa shape index (κ2) is 4.25. The van der Waals surface area contributed by atoms with Gasteiger partial charge in [-0.3, -0.25) is 14.5 Å². The minimum absolute atomic E-state index is 0.171. The second-order valence-corrected chi connectivity index (χ2v) is 4.53. The smallest absolute Gasteiger partial charge is 0.237 e. The first-order valence-corrected chi connectivity index (χ1v) is 5.68. The number of carbonyl (C=O) groups is 2. The molecular formula is C12H12N2O2S. The van der Waals surface area contributed by atoms with Gasteiger partial charge in [-0.05, 0) is 12.1 Å². The number of anilines is 1. The van der Waals surface area contributed by atoms with Crippen molar-refractivity contribution < 1.29 is 9.59 Å². The average Bonchev–Trinajstić information content (AvgIpc) is 2.53. The van der Waals surface area contributed by atoms with Crippen molar-refractivity contribution in [2.45, 2.75) is 13.3 Å². The summed E-state index contributed by atoms with van der Waals surface area (Å²) in [6, 6.07) is 6.85. The highest BCUT2D eigenvalue weighted by Crippen LogP contribution is 2.26. The molecule has 1 saturated heterocycles. The highest BCUT2D eigenvalue weighted by Gasteiger charge is 2.36. The molecular weight excluding hydrogens is 236 g/mol. The van der Waals surface area contributed by atoms with Gasteiger partial charge in [0.1, 0.15) is 4.99 Å². The van der Waals surface area contributed by atoms with E-state index in [-0.39, 0.29) is 29.1 Å². The van der Waals surface area contributed by atoms with Crippen LogP contribution in [0.15, 0.2) is 24.3 Å². The van der Waals surface area contributed by atoms with Crippen molar-refractivity contribution in [1.82, 2.24) is 0 Å². The van der Waals surface area contributed by atoms with Crippen LogP contribution in [-0.4, -0.2) is 16.8 Å². The Morgan fingerprint density at radius 2 is 2.18 bits per heavy atom. The highest BCUT2D eigenvalue weighted by molar-refractivity contribution is 7.80. The zero-order chi connectivity index (χ0) is 12.6. The lowest BCUT2D eigenvalue weighted by Gasteiger charge is -2.15.